The predicted molar refractivity (Wildman–Crippen MR) is 247 cm³/mol. The van der Waals surface area contributed by atoms with Crippen LogP contribution in [0.5, 0.6) is 0 Å². The van der Waals surface area contributed by atoms with Gasteiger partial charge < -0.3 is 20.1 Å². The summed E-state index contributed by atoms with van der Waals surface area (Å²) in [5.74, 6) is -0.862. The number of hydrogen-bond donors (Lipinski definition) is 2. The number of rotatable bonds is 44. The van der Waals surface area contributed by atoms with Crippen LogP contribution in [0.3, 0.4) is 0 Å². The number of phosphoric acid groups is 1. The number of carbonyl (C=O) groups is 2. The van der Waals surface area contributed by atoms with Crippen LogP contribution in [-0.4, -0.2) is 49.3 Å². The van der Waals surface area contributed by atoms with Gasteiger partial charge in [0.05, 0.1) is 13.2 Å². The molecule has 10 heteroatoms. The minimum Gasteiger partial charge on any atom is -0.462 e. The molecule has 0 spiro atoms. The first-order valence-corrected chi connectivity index (χ1v) is 25.3. The summed E-state index contributed by atoms with van der Waals surface area (Å²) in [7, 11) is -4.39. The summed E-state index contributed by atoms with van der Waals surface area (Å²) in [5, 5.41) is 0. The molecule has 342 valence electrons. The third-order valence-electron chi connectivity index (χ3n) is 9.92. The van der Waals surface area contributed by atoms with Gasteiger partial charge in [-0.15, -0.1) is 0 Å². The highest BCUT2D eigenvalue weighted by atomic mass is 31.2. The molecule has 0 aromatic rings. The van der Waals surface area contributed by atoms with Gasteiger partial charge in [0.2, 0.25) is 0 Å². The molecular formula is C49H88NO8P. The van der Waals surface area contributed by atoms with Crippen molar-refractivity contribution in [1.29, 1.82) is 0 Å². The highest BCUT2D eigenvalue weighted by Gasteiger charge is 2.26. The van der Waals surface area contributed by atoms with Crippen LogP contribution < -0.4 is 5.73 Å². The minimum absolute atomic E-state index is 0.0461. The van der Waals surface area contributed by atoms with E-state index in [0.29, 0.717) is 6.42 Å². The summed E-state index contributed by atoms with van der Waals surface area (Å²) in [6.07, 6.45) is 54.0. The molecular weight excluding hydrogens is 762 g/mol. The molecule has 0 aromatic carbocycles. The van der Waals surface area contributed by atoms with Crippen LogP contribution in [0.4, 0.5) is 0 Å². The number of carbonyl (C=O) groups excluding carboxylic acids is 2. The van der Waals surface area contributed by atoms with E-state index in [-0.39, 0.29) is 38.6 Å². The number of esters is 2. The number of ether oxygens (including phenoxy) is 2. The molecule has 0 amide bonds. The molecule has 0 bridgehead atoms. The van der Waals surface area contributed by atoms with Crippen molar-refractivity contribution in [1.82, 2.24) is 0 Å². The van der Waals surface area contributed by atoms with Crippen molar-refractivity contribution < 1.29 is 37.6 Å². The second kappa shape index (κ2) is 45.2. The zero-order valence-electron chi connectivity index (χ0n) is 37.7. The Labute approximate surface area is 361 Å². The van der Waals surface area contributed by atoms with E-state index in [4.69, 9.17) is 24.3 Å². The molecule has 0 aliphatic heterocycles. The van der Waals surface area contributed by atoms with Crippen molar-refractivity contribution in [2.24, 2.45) is 5.73 Å². The lowest BCUT2D eigenvalue weighted by atomic mass is 10.0. The van der Waals surface area contributed by atoms with Crippen LogP contribution >= 0.6 is 7.82 Å². The van der Waals surface area contributed by atoms with Gasteiger partial charge in [0.1, 0.15) is 6.61 Å². The maximum absolute atomic E-state index is 12.6. The smallest absolute Gasteiger partial charge is 0.462 e. The van der Waals surface area contributed by atoms with Crippen molar-refractivity contribution >= 4 is 19.8 Å². The van der Waals surface area contributed by atoms with Gasteiger partial charge in [-0.25, -0.2) is 4.57 Å². The van der Waals surface area contributed by atoms with Crippen LogP contribution in [0, 0.1) is 0 Å². The molecule has 9 nitrogen and oxygen atoms in total. The number of unbranched alkanes of at least 4 members (excludes halogenated alkanes) is 21. The van der Waals surface area contributed by atoms with Crippen molar-refractivity contribution in [3.63, 3.8) is 0 Å². The first-order valence-electron chi connectivity index (χ1n) is 23.8. The highest BCUT2D eigenvalue weighted by Crippen LogP contribution is 2.43. The fraction of sp³-hybridized carbons (Fsp3) is 0.755. The van der Waals surface area contributed by atoms with E-state index in [1.807, 2.05) is 0 Å². The van der Waals surface area contributed by atoms with Gasteiger partial charge in [0.25, 0.3) is 0 Å². The average Bonchev–Trinajstić information content (AvgIpc) is 3.22. The Morgan fingerprint density at radius 1 is 0.525 bits per heavy atom. The van der Waals surface area contributed by atoms with Crippen LogP contribution in [-0.2, 0) is 32.7 Å². The summed E-state index contributed by atoms with van der Waals surface area (Å²) >= 11 is 0. The maximum Gasteiger partial charge on any atom is 0.472 e. The zero-order valence-corrected chi connectivity index (χ0v) is 38.6. The zero-order chi connectivity index (χ0) is 43.2. The van der Waals surface area contributed by atoms with E-state index in [2.05, 4.69) is 74.6 Å². The Hall–Kier alpha value is -2.29. The predicted octanol–water partition coefficient (Wildman–Crippen LogP) is 14.1. The van der Waals surface area contributed by atoms with Gasteiger partial charge in [0, 0.05) is 19.4 Å². The molecule has 59 heavy (non-hydrogen) atoms. The van der Waals surface area contributed by atoms with Gasteiger partial charge in [-0.3, -0.25) is 18.6 Å². The van der Waals surface area contributed by atoms with Crippen molar-refractivity contribution in [3.05, 3.63) is 60.8 Å². The number of nitrogens with two attached hydrogens (primary N) is 1. The Morgan fingerprint density at radius 3 is 1.39 bits per heavy atom. The highest BCUT2D eigenvalue weighted by molar-refractivity contribution is 7.47. The fourth-order valence-electron chi connectivity index (χ4n) is 6.43. The number of hydrogen-bond acceptors (Lipinski definition) is 8. The van der Waals surface area contributed by atoms with E-state index in [9.17, 15) is 19.0 Å². The third-order valence-corrected chi connectivity index (χ3v) is 10.9. The first kappa shape index (κ1) is 56.7. The second-order valence-electron chi connectivity index (χ2n) is 15.6. The van der Waals surface area contributed by atoms with Gasteiger partial charge in [-0.2, -0.15) is 0 Å². The molecule has 0 radical (unpaired) electrons. The summed E-state index contributed by atoms with van der Waals surface area (Å²) < 4.78 is 32.8. The van der Waals surface area contributed by atoms with E-state index >= 15 is 0 Å². The SMILES string of the molecule is CC/C=C\C/C=C\C/C=C\C/C=C\C/C=C\CCCCCC(=O)OC(COC(=O)CCCCCCCCCCCCCCCCCCCCC)COP(=O)(O)OCCN. The molecule has 3 N–H and O–H groups in total. The summed E-state index contributed by atoms with van der Waals surface area (Å²) in [5.41, 5.74) is 5.36. The van der Waals surface area contributed by atoms with Gasteiger partial charge >= 0.3 is 19.8 Å². The second-order valence-corrected chi connectivity index (χ2v) is 17.1. The number of phosphoric ester groups is 1. The van der Waals surface area contributed by atoms with Crippen LogP contribution in [0.15, 0.2) is 60.8 Å². The van der Waals surface area contributed by atoms with E-state index in [0.717, 1.165) is 70.6 Å². The monoisotopic (exact) mass is 850 g/mol. The number of allylic oxidation sites excluding steroid dienone is 10. The summed E-state index contributed by atoms with van der Waals surface area (Å²) in [6.45, 7) is 3.60. The third kappa shape index (κ3) is 45.1. The van der Waals surface area contributed by atoms with Crippen LogP contribution in [0.2, 0.25) is 0 Å². The molecule has 0 fully saturated rings. The van der Waals surface area contributed by atoms with E-state index in [1.165, 1.54) is 103 Å². The molecule has 0 heterocycles. The van der Waals surface area contributed by atoms with E-state index < -0.39 is 26.5 Å². The van der Waals surface area contributed by atoms with E-state index in [1.54, 1.807) is 0 Å². The summed E-state index contributed by atoms with van der Waals surface area (Å²) in [4.78, 5) is 35.0. The quantitative estimate of drug-likeness (QED) is 0.0266. The van der Waals surface area contributed by atoms with Gasteiger partial charge in [0.15, 0.2) is 6.10 Å². The first-order chi connectivity index (χ1) is 28.8. The Balaban J connectivity index is 4.15. The lowest BCUT2D eigenvalue weighted by molar-refractivity contribution is -0.161. The van der Waals surface area contributed by atoms with Crippen molar-refractivity contribution in [2.75, 3.05) is 26.4 Å². The minimum atomic E-state index is -4.39. The Kier molecular flexibility index (Phi) is 43.5. The molecule has 0 rings (SSSR count). The van der Waals surface area contributed by atoms with Crippen molar-refractivity contribution in [3.8, 4) is 0 Å². The van der Waals surface area contributed by atoms with Crippen LogP contribution in [0.1, 0.15) is 206 Å². The fourth-order valence-corrected chi connectivity index (χ4v) is 7.19. The van der Waals surface area contributed by atoms with Gasteiger partial charge in [-0.1, -0.05) is 197 Å². The molecule has 0 saturated heterocycles. The molecule has 2 unspecified atom stereocenters. The lowest BCUT2D eigenvalue weighted by Gasteiger charge is -2.19. The van der Waals surface area contributed by atoms with Crippen molar-refractivity contribution in [2.45, 2.75) is 213 Å². The summed E-state index contributed by atoms with van der Waals surface area (Å²) in [6, 6.07) is 0. The molecule has 0 saturated carbocycles. The molecule has 0 aliphatic rings. The lowest BCUT2D eigenvalue weighted by Crippen LogP contribution is -2.29. The Morgan fingerprint density at radius 2 is 0.932 bits per heavy atom. The Bertz CT molecular complexity index is 1150. The topological polar surface area (TPSA) is 134 Å². The normalized spacial score (nSPS) is 13.8. The van der Waals surface area contributed by atoms with Crippen LogP contribution in [0.25, 0.3) is 0 Å². The van der Waals surface area contributed by atoms with Gasteiger partial charge in [-0.05, 0) is 57.8 Å². The molecule has 2 atom stereocenters. The largest absolute Gasteiger partial charge is 0.472 e. The average molecular weight is 850 g/mol. The molecule has 0 aliphatic carbocycles. The molecule has 0 aromatic heterocycles. The maximum atomic E-state index is 12.6. The standard InChI is InChI=1S/C49H88NO8P/c1-3-5-7-9-11-13-15-17-19-21-23-25-27-29-31-33-35-37-39-41-48(51)55-45-47(46-57-59(53,54)56-44-43-50)58-49(52)42-40-38-36-34-32-30-28-26-24-22-20-18-16-14-12-10-8-6-4-2/h6,8,12,14,18,20,24,26,30,32,47H,3-5,7,9-11,13,15-17,19,21-23,25,27-29,31,33-46,50H2,1-2H3,(H,53,54)/b8-6-,14-12-,20-18-,26-24-,32-30-.